The fraction of sp³-hybridized carbons (Fsp3) is 0.400. The highest BCUT2D eigenvalue weighted by Crippen LogP contribution is 2.41. The predicted molar refractivity (Wildman–Crippen MR) is 57.7 cm³/mol. The normalized spacial score (nSPS) is 19.8. The van der Waals surface area contributed by atoms with E-state index in [4.69, 9.17) is 15.2 Å². The molecule has 14 heavy (non-hydrogen) atoms. The fourth-order valence-electron chi connectivity index (χ4n) is 1.62. The Balaban J connectivity index is 2.54. The Hall–Kier alpha value is -0.740. The Morgan fingerprint density at radius 1 is 1.57 bits per heavy atom. The fourth-order valence-corrected chi connectivity index (χ4v) is 2.41. The van der Waals surface area contributed by atoms with Crippen LogP contribution in [0.5, 0.6) is 11.5 Å². The molecule has 0 aromatic heterocycles. The first kappa shape index (κ1) is 9.80. The molecule has 1 aliphatic rings. The molecule has 1 aliphatic heterocycles. The van der Waals surface area contributed by atoms with E-state index in [9.17, 15) is 0 Å². The van der Waals surface area contributed by atoms with Crippen LogP contribution in [0.4, 0.5) is 0 Å². The molecule has 3 nitrogen and oxygen atoms in total. The van der Waals surface area contributed by atoms with Crippen molar-refractivity contribution in [1.82, 2.24) is 0 Å². The predicted octanol–water partition coefficient (Wildman–Crippen LogP) is 2.24. The highest BCUT2D eigenvalue weighted by molar-refractivity contribution is 9.10. The summed E-state index contributed by atoms with van der Waals surface area (Å²) in [5.74, 6) is 1.65. The summed E-state index contributed by atoms with van der Waals surface area (Å²) in [6.45, 7) is 0.687. The zero-order valence-corrected chi connectivity index (χ0v) is 9.50. The Kier molecular flexibility index (Phi) is 2.65. The Morgan fingerprint density at radius 3 is 3.07 bits per heavy atom. The molecule has 1 aromatic carbocycles. The van der Waals surface area contributed by atoms with E-state index in [1.54, 1.807) is 7.11 Å². The summed E-state index contributed by atoms with van der Waals surface area (Å²) in [6.07, 6.45) is 0.846. The van der Waals surface area contributed by atoms with Gasteiger partial charge >= 0.3 is 0 Å². The van der Waals surface area contributed by atoms with Crippen molar-refractivity contribution in [2.45, 2.75) is 12.5 Å². The highest BCUT2D eigenvalue weighted by atomic mass is 79.9. The zero-order chi connectivity index (χ0) is 10.1. The van der Waals surface area contributed by atoms with E-state index in [-0.39, 0.29) is 6.04 Å². The van der Waals surface area contributed by atoms with Gasteiger partial charge in [0.05, 0.1) is 18.2 Å². The molecule has 0 spiro atoms. The molecular formula is C10H12BrNO2. The summed E-state index contributed by atoms with van der Waals surface area (Å²) < 4.78 is 11.6. The topological polar surface area (TPSA) is 44.5 Å². The third-order valence-corrected chi connectivity index (χ3v) is 3.20. The molecule has 1 atom stereocenters. The van der Waals surface area contributed by atoms with E-state index in [2.05, 4.69) is 15.9 Å². The molecule has 1 heterocycles. The monoisotopic (exact) mass is 257 g/mol. The third-order valence-electron chi connectivity index (χ3n) is 2.38. The second kappa shape index (κ2) is 3.79. The van der Waals surface area contributed by atoms with Gasteiger partial charge in [0.1, 0.15) is 11.5 Å². The molecule has 2 rings (SSSR count). The summed E-state index contributed by atoms with van der Waals surface area (Å²) >= 11 is 3.48. The van der Waals surface area contributed by atoms with E-state index < -0.39 is 0 Å². The summed E-state index contributed by atoms with van der Waals surface area (Å²) in [7, 11) is 1.64. The SMILES string of the molecule is COc1ccc2c(c1Br)[C@@H](N)CCO2. The number of hydrogen-bond donors (Lipinski definition) is 1. The van der Waals surface area contributed by atoms with Gasteiger partial charge in [-0.2, -0.15) is 0 Å². The lowest BCUT2D eigenvalue weighted by Gasteiger charge is -2.24. The van der Waals surface area contributed by atoms with Gasteiger partial charge in [0.25, 0.3) is 0 Å². The lowest BCUT2D eigenvalue weighted by Crippen LogP contribution is -2.21. The summed E-state index contributed by atoms with van der Waals surface area (Å²) in [4.78, 5) is 0. The van der Waals surface area contributed by atoms with Crippen LogP contribution in [0.3, 0.4) is 0 Å². The van der Waals surface area contributed by atoms with E-state index in [0.29, 0.717) is 6.61 Å². The van der Waals surface area contributed by atoms with Crippen molar-refractivity contribution in [3.8, 4) is 11.5 Å². The van der Waals surface area contributed by atoms with Gasteiger partial charge in [-0.05, 0) is 28.1 Å². The molecule has 2 N–H and O–H groups in total. The van der Waals surface area contributed by atoms with Crippen molar-refractivity contribution >= 4 is 15.9 Å². The van der Waals surface area contributed by atoms with Crippen LogP contribution in [0.1, 0.15) is 18.0 Å². The number of rotatable bonds is 1. The van der Waals surface area contributed by atoms with Crippen molar-refractivity contribution in [1.29, 1.82) is 0 Å². The molecule has 76 valence electrons. The quantitative estimate of drug-likeness (QED) is 0.840. The summed E-state index contributed by atoms with van der Waals surface area (Å²) in [6, 6.07) is 3.81. The van der Waals surface area contributed by atoms with Gasteiger partial charge in [0, 0.05) is 18.0 Å². The van der Waals surface area contributed by atoms with Crippen LogP contribution in [-0.2, 0) is 0 Å². The van der Waals surface area contributed by atoms with Crippen LogP contribution in [0, 0.1) is 0 Å². The number of benzene rings is 1. The van der Waals surface area contributed by atoms with Gasteiger partial charge < -0.3 is 15.2 Å². The molecule has 1 aromatic rings. The maximum atomic E-state index is 6.01. The largest absolute Gasteiger partial charge is 0.496 e. The van der Waals surface area contributed by atoms with Crippen LogP contribution in [0.25, 0.3) is 0 Å². The van der Waals surface area contributed by atoms with Crippen LogP contribution in [0.2, 0.25) is 0 Å². The number of ether oxygens (including phenoxy) is 2. The molecule has 0 aliphatic carbocycles. The minimum absolute atomic E-state index is 0.0308. The van der Waals surface area contributed by atoms with Crippen LogP contribution in [-0.4, -0.2) is 13.7 Å². The van der Waals surface area contributed by atoms with Crippen LogP contribution >= 0.6 is 15.9 Å². The molecule has 4 heteroatoms. The Morgan fingerprint density at radius 2 is 2.36 bits per heavy atom. The van der Waals surface area contributed by atoms with E-state index in [0.717, 1.165) is 28.0 Å². The zero-order valence-electron chi connectivity index (χ0n) is 7.92. The van der Waals surface area contributed by atoms with E-state index >= 15 is 0 Å². The molecular weight excluding hydrogens is 246 g/mol. The molecule has 0 saturated carbocycles. The van der Waals surface area contributed by atoms with Crippen molar-refractivity contribution in [2.75, 3.05) is 13.7 Å². The maximum absolute atomic E-state index is 6.01. The summed E-state index contributed by atoms with van der Waals surface area (Å²) in [5, 5.41) is 0. The molecule has 0 unspecified atom stereocenters. The molecule has 0 amide bonds. The Bertz CT molecular complexity index is 354. The lowest BCUT2D eigenvalue weighted by molar-refractivity contribution is 0.267. The van der Waals surface area contributed by atoms with Gasteiger partial charge in [-0.25, -0.2) is 0 Å². The Labute approximate surface area is 91.3 Å². The second-order valence-corrected chi connectivity index (χ2v) is 4.03. The molecule has 0 bridgehead atoms. The molecule has 0 fully saturated rings. The van der Waals surface area contributed by atoms with Gasteiger partial charge in [-0.3, -0.25) is 0 Å². The van der Waals surface area contributed by atoms with Crippen LogP contribution < -0.4 is 15.2 Å². The minimum atomic E-state index is 0.0308. The molecule has 0 radical (unpaired) electrons. The number of methoxy groups -OCH3 is 1. The van der Waals surface area contributed by atoms with Crippen molar-refractivity contribution in [3.05, 3.63) is 22.2 Å². The van der Waals surface area contributed by atoms with Crippen molar-refractivity contribution in [2.24, 2.45) is 5.73 Å². The standard InChI is InChI=1S/C10H12BrNO2/c1-13-8-3-2-7-9(10(8)11)6(12)4-5-14-7/h2-3,6H,4-5,12H2,1H3/t6-/m0/s1. The third kappa shape index (κ3) is 1.48. The first-order valence-electron chi connectivity index (χ1n) is 4.49. The average molecular weight is 258 g/mol. The molecule has 0 saturated heterocycles. The van der Waals surface area contributed by atoms with Gasteiger partial charge in [0.2, 0.25) is 0 Å². The summed E-state index contributed by atoms with van der Waals surface area (Å²) in [5.41, 5.74) is 7.02. The van der Waals surface area contributed by atoms with Crippen LogP contribution in [0.15, 0.2) is 16.6 Å². The second-order valence-electron chi connectivity index (χ2n) is 3.24. The van der Waals surface area contributed by atoms with Crippen molar-refractivity contribution in [3.63, 3.8) is 0 Å². The number of nitrogens with two attached hydrogens (primary N) is 1. The minimum Gasteiger partial charge on any atom is -0.496 e. The van der Waals surface area contributed by atoms with Gasteiger partial charge in [-0.15, -0.1) is 0 Å². The highest BCUT2D eigenvalue weighted by Gasteiger charge is 2.22. The lowest BCUT2D eigenvalue weighted by atomic mass is 10.0. The van der Waals surface area contributed by atoms with E-state index in [1.165, 1.54) is 0 Å². The number of hydrogen-bond acceptors (Lipinski definition) is 3. The van der Waals surface area contributed by atoms with Crippen molar-refractivity contribution < 1.29 is 9.47 Å². The van der Waals surface area contributed by atoms with E-state index in [1.807, 2.05) is 12.1 Å². The van der Waals surface area contributed by atoms with Gasteiger partial charge in [-0.1, -0.05) is 0 Å². The first-order valence-corrected chi connectivity index (χ1v) is 5.28. The van der Waals surface area contributed by atoms with Gasteiger partial charge in [0.15, 0.2) is 0 Å². The number of fused-ring (bicyclic) bond motifs is 1. The number of halogens is 1. The average Bonchev–Trinajstić information content (AvgIpc) is 2.18. The maximum Gasteiger partial charge on any atom is 0.133 e. The smallest absolute Gasteiger partial charge is 0.133 e. The first-order chi connectivity index (χ1) is 6.74.